The van der Waals surface area contributed by atoms with Gasteiger partial charge in [0, 0.05) is 34.3 Å². The SMILES string of the molecule is CC1CCCC(n2cnc(-c3cc(Cl)ccc3-n3cc(C(F)(F)F)nn3)cc2=O)c2cc(ccn2)-c2c(Cl)cccc2NC1=O. The molecule has 2 unspecified atom stereocenters. The van der Waals surface area contributed by atoms with Crippen molar-refractivity contribution < 1.29 is 18.0 Å². The molecule has 4 heterocycles. The Kier molecular flexibility index (Phi) is 8.19. The average Bonchev–Trinajstić information content (AvgIpc) is 3.50. The molecule has 0 saturated heterocycles. The number of carbonyl (C=O) groups is 1. The maximum absolute atomic E-state index is 13.7. The van der Waals surface area contributed by atoms with Crippen molar-refractivity contribution in [2.45, 2.75) is 38.4 Å². The van der Waals surface area contributed by atoms with Crippen molar-refractivity contribution in [3.63, 3.8) is 0 Å². The van der Waals surface area contributed by atoms with Crippen LogP contribution in [0.3, 0.4) is 0 Å². The number of amides is 1. The van der Waals surface area contributed by atoms with Gasteiger partial charge in [0.2, 0.25) is 5.91 Å². The van der Waals surface area contributed by atoms with Crippen molar-refractivity contribution in [2.75, 3.05) is 5.32 Å². The zero-order valence-corrected chi connectivity index (χ0v) is 25.1. The van der Waals surface area contributed by atoms with Crippen LogP contribution >= 0.6 is 23.2 Å². The first-order chi connectivity index (χ1) is 21.5. The van der Waals surface area contributed by atoms with Gasteiger partial charge >= 0.3 is 6.18 Å². The van der Waals surface area contributed by atoms with E-state index in [1.165, 1.54) is 35.2 Å². The molecule has 3 aromatic heterocycles. The van der Waals surface area contributed by atoms with Gasteiger partial charge in [-0.05, 0) is 60.9 Å². The van der Waals surface area contributed by atoms with E-state index in [9.17, 15) is 22.8 Å². The average molecular weight is 654 g/mol. The highest BCUT2D eigenvalue weighted by Gasteiger charge is 2.35. The third-order valence-electron chi connectivity index (χ3n) is 7.68. The Morgan fingerprint density at radius 2 is 1.82 bits per heavy atom. The molecule has 0 spiro atoms. The van der Waals surface area contributed by atoms with Crippen LogP contribution in [0.25, 0.3) is 28.1 Å². The summed E-state index contributed by atoms with van der Waals surface area (Å²) >= 11 is 12.8. The van der Waals surface area contributed by atoms with E-state index in [1.54, 1.807) is 30.5 Å². The number of anilines is 1. The number of rotatable bonds is 3. The van der Waals surface area contributed by atoms with E-state index in [4.69, 9.17) is 23.2 Å². The summed E-state index contributed by atoms with van der Waals surface area (Å²) in [6, 6.07) is 14.1. The van der Waals surface area contributed by atoms with Gasteiger partial charge in [0.25, 0.3) is 5.56 Å². The van der Waals surface area contributed by atoms with Gasteiger partial charge < -0.3 is 5.32 Å². The molecule has 14 heteroatoms. The number of hydrogen-bond acceptors (Lipinski definition) is 6. The number of alkyl halides is 3. The minimum atomic E-state index is -4.68. The quantitative estimate of drug-likeness (QED) is 0.220. The van der Waals surface area contributed by atoms with Gasteiger partial charge in [0.05, 0.1) is 46.4 Å². The highest BCUT2D eigenvalue weighted by molar-refractivity contribution is 6.34. The first-order valence-corrected chi connectivity index (χ1v) is 14.7. The summed E-state index contributed by atoms with van der Waals surface area (Å²) in [5.41, 5.74) is 1.60. The largest absolute Gasteiger partial charge is 0.436 e. The standard InChI is InChI=1S/C31H24Cl2F3N7O2/c1-17-4-2-7-26(24-12-18(10-11-37-24)29-21(33)5-3-6-22(29)39-30(17)45)42-16-38-23(14-28(42)44)20-13-19(32)8-9-25(20)43-15-27(40-41-43)31(34,35)36/h3,5-6,8-17,26H,2,4,7H2,1H3,(H,39,45). The van der Waals surface area contributed by atoms with E-state index in [1.807, 2.05) is 13.0 Å². The predicted molar refractivity (Wildman–Crippen MR) is 163 cm³/mol. The molecule has 45 heavy (non-hydrogen) atoms. The Morgan fingerprint density at radius 3 is 2.58 bits per heavy atom. The number of hydrogen-bond donors (Lipinski definition) is 1. The second-order valence-corrected chi connectivity index (χ2v) is 11.5. The smallest absolute Gasteiger partial charge is 0.325 e. The fourth-order valence-electron chi connectivity index (χ4n) is 5.36. The molecule has 1 N–H and O–H groups in total. The van der Waals surface area contributed by atoms with Gasteiger partial charge in [-0.3, -0.25) is 19.1 Å². The molecule has 1 aliphatic rings. The van der Waals surface area contributed by atoms with E-state index in [0.29, 0.717) is 46.8 Å². The minimum absolute atomic E-state index is 0.139. The van der Waals surface area contributed by atoms with Crippen LogP contribution in [0.15, 0.2) is 78.1 Å². The number of nitrogens with zero attached hydrogens (tertiary/aromatic N) is 6. The minimum Gasteiger partial charge on any atom is -0.325 e. The Labute approximate surface area is 264 Å². The summed E-state index contributed by atoms with van der Waals surface area (Å²) in [4.78, 5) is 35.8. The molecule has 0 saturated carbocycles. The van der Waals surface area contributed by atoms with Crippen molar-refractivity contribution >= 4 is 34.8 Å². The van der Waals surface area contributed by atoms with Crippen molar-refractivity contribution in [3.8, 4) is 28.1 Å². The molecule has 2 aromatic carbocycles. The van der Waals surface area contributed by atoms with Crippen LogP contribution in [0.5, 0.6) is 0 Å². The van der Waals surface area contributed by atoms with Crippen LogP contribution in [0.1, 0.15) is 43.6 Å². The number of nitrogens with one attached hydrogen (secondary N) is 1. The summed E-state index contributed by atoms with van der Waals surface area (Å²) in [6.07, 6.45) is 0.717. The number of aromatic nitrogens is 6. The van der Waals surface area contributed by atoms with Crippen molar-refractivity contribution in [2.24, 2.45) is 5.92 Å². The van der Waals surface area contributed by atoms with Crippen LogP contribution in [0.2, 0.25) is 10.0 Å². The van der Waals surface area contributed by atoms with E-state index >= 15 is 0 Å². The summed E-state index contributed by atoms with van der Waals surface area (Å²) in [5, 5.41) is 10.6. The Bertz CT molecular complexity index is 1980. The van der Waals surface area contributed by atoms with Crippen molar-refractivity contribution in [1.29, 1.82) is 0 Å². The Hall–Kier alpha value is -4.55. The molecule has 230 valence electrons. The molecule has 0 fully saturated rings. The summed E-state index contributed by atoms with van der Waals surface area (Å²) in [7, 11) is 0. The molecule has 0 aliphatic carbocycles. The molecule has 2 bridgehead atoms. The summed E-state index contributed by atoms with van der Waals surface area (Å²) in [5.74, 6) is -0.448. The van der Waals surface area contributed by atoms with Crippen LogP contribution < -0.4 is 10.9 Å². The highest BCUT2D eigenvalue weighted by atomic mass is 35.5. The Morgan fingerprint density at radius 1 is 1.00 bits per heavy atom. The van der Waals surface area contributed by atoms with E-state index in [0.717, 1.165) is 10.9 Å². The molecule has 1 amide bonds. The molecule has 0 radical (unpaired) electrons. The molecular weight excluding hydrogens is 630 g/mol. The third kappa shape index (κ3) is 6.20. The van der Waals surface area contributed by atoms with Crippen LogP contribution in [-0.2, 0) is 11.0 Å². The first-order valence-electron chi connectivity index (χ1n) is 13.9. The molecule has 9 nitrogen and oxygen atoms in total. The van der Waals surface area contributed by atoms with Crippen molar-refractivity contribution in [1.82, 2.24) is 29.5 Å². The van der Waals surface area contributed by atoms with Crippen molar-refractivity contribution in [3.05, 3.63) is 105 Å². The maximum Gasteiger partial charge on any atom is 0.436 e. The highest BCUT2D eigenvalue weighted by Crippen LogP contribution is 2.37. The van der Waals surface area contributed by atoms with Gasteiger partial charge in [-0.2, -0.15) is 13.2 Å². The normalized spacial score (nSPS) is 17.2. The number of carbonyl (C=O) groups excluding carboxylic acids is 1. The lowest BCUT2D eigenvalue weighted by atomic mass is 9.95. The number of halogens is 5. The van der Waals surface area contributed by atoms with Gasteiger partial charge in [-0.1, -0.05) is 47.8 Å². The predicted octanol–water partition coefficient (Wildman–Crippen LogP) is 7.23. The third-order valence-corrected chi connectivity index (χ3v) is 8.23. The maximum atomic E-state index is 13.7. The zero-order valence-electron chi connectivity index (χ0n) is 23.6. The second kappa shape index (κ2) is 12.1. The molecule has 5 aromatic rings. The van der Waals surface area contributed by atoms with E-state index in [-0.39, 0.29) is 33.8 Å². The van der Waals surface area contributed by atoms with Crippen LogP contribution in [-0.4, -0.2) is 35.4 Å². The fraction of sp³-hybridized carbons (Fsp3) is 0.226. The van der Waals surface area contributed by atoms with Gasteiger partial charge in [0.15, 0.2) is 5.69 Å². The number of benzene rings is 2. The monoisotopic (exact) mass is 653 g/mol. The first kappa shape index (κ1) is 30.5. The molecule has 2 atom stereocenters. The van der Waals surface area contributed by atoms with Gasteiger partial charge in [-0.15, -0.1) is 5.10 Å². The van der Waals surface area contributed by atoms with Gasteiger partial charge in [-0.25, -0.2) is 9.67 Å². The van der Waals surface area contributed by atoms with Crippen LogP contribution in [0, 0.1) is 5.92 Å². The number of fused-ring (bicyclic) bond motifs is 4. The topological polar surface area (TPSA) is 108 Å². The molecule has 1 aliphatic heterocycles. The Balaban J connectivity index is 1.43. The van der Waals surface area contributed by atoms with E-state index in [2.05, 4.69) is 25.6 Å². The molecular formula is C31H24Cl2F3N7O2. The lowest BCUT2D eigenvalue weighted by molar-refractivity contribution is -0.141. The lowest BCUT2D eigenvalue weighted by Gasteiger charge is -2.23. The van der Waals surface area contributed by atoms with Gasteiger partial charge in [0.1, 0.15) is 0 Å². The summed E-state index contributed by atoms with van der Waals surface area (Å²) < 4.78 is 42.0. The molecule has 6 rings (SSSR count). The number of pyridine rings is 1. The van der Waals surface area contributed by atoms with E-state index < -0.39 is 23.5 Å². The second-order valence-electron chi connectivity index (χ2n) is 10.7. The van der Waals surface area contributed by atoms with Crippen LogP contribution in [0.4, 0.5) is 18.9 Å². The lowest BCUT2D eigenvalue weighted by Crippen LogP contribution is -2.27. The summed E-state index contributed by atoms with van der Waals surface area (Å²) in [6.45, 7) is 1.84. The zero-order chi connectivity index (χ0) is 31.9. The fourth-order valence-corrected chi connectivity index (χ4v) is 5.81.